The van der Waals surface area contributed by atoms with Gasteiger partial charge < -0.3 is 14.1 Å². The van der Waals surface area contributed by atoms with Crippen molar-refractivity contribution in [3.8, 4) is 0 Å². The number of furan rings is 1. The summed E-state index contributed by atoms with van der Waals surface area (Å²) < 4.78 is 24.4. The fourth-order valence-electron chi connectivity index (χ4n) is 2.98. The normalized spacial score (nSPS) is 12.7. The summed E-state index contributed by atoms with van der Waals surface area (Å²) >= 11 is 0. The van der Waals surface area contributed by atoms with E-state index in [1.807, 2.05) is 27.7 Å². The number of nitrogens with zero attached hydrogens (tertiary/aromatic N) is 1. The first kappa shape index (κ1) is 19.0. The molecule has 2 rings (SSSR count). The minimum absolute atomic E-state index is 0.0110. The maximum atomic E-state index is 13.8. The Kier molecular flexibility index (Phi) is 5.50. The zero-order valence-electron chi connectivity index (χ0n) is 15.4. The van der Waals surface area contributed by atoms with Crippen LogP contribution in [-0.2, 0) is 9.53 Å². The first-order valence-corrected chi connectivity index (χ1v) is 8.35. The molecular weight excluding hydrogens is 325 g/mol. The van der Waals surface area contributed by atoms with Gasteiger partial charge in [0.2, 0.25) is 5.76 Å². The van der Waals surface area contributed by atoms with Gasteiger partial charge in [-0.1, -0.05) is 12.1 Å². The minimum Gasteiger partial charge on any atom is -0.447 e. The molecule has 1 heterocycles. The number of fused-ring (bicyclic) bond motifs is 1. The Labute approximate surface area is 146 Å². The van der Waals surface area contributed by atoms with E-state index in [-0.39, 0.29) is 29.3 Å². The highest BCUT2D eigenvalue weighted by molar-refractivity contribution is 5.97. The molecule has 0 radical (unpaired) electrons. The summed E-state index contributed by atoms with van der Waals surface area (Å²) in [6.45, 7) is 10.8. The van der Waals surface area contributed by atoms with Crippen LogP contribution in [0.25, 0.3) is 11.0 Å². The van der Waals surface area contributed by atoms with E-state index in [4.69, 9.17) is 9.15 Å². The number of para-hydroxylation sites is 1. The number of carbonyl (C=O) groups excluding carboxylic acids is 2. The van der Waals surface area contributed by atoms with Gasteiger partial charge in [-0.15, -0.1) is 0 Å². The molecule has 25 heavy (non-hydrogen) atoms. The van der Waals surface area contributed by atoms with E-state index in [1.54, 1.807) is 24.0 Å². The Morgan fingerprint density at radius 2 is 1.72 bits per heavy atom. The monoisotopic (exact) mass is 349 g/mol. The molecule has 0 N–H and O–H groups in total. The fourth-order valence-corrected chi connectivity index (χ4v) is 2.98. The zero-order chi connectivity index (χ0) is 18.9. The van der Waals surface area contributed by atoms with Gasteiger partial charge in [0.05, 0.1) is 0 Å². The number of carbonyl (C=O) groups is 2. The lowest BCUT2D eigenvalue weighted by molar-refractivity contribution is -0.143. The maximum Gasteiger partial charge on any atom is 0.375 e. The predicted molar refractivity (Wildman–Crippen MR) is 92.9 cm³/mol. The summed E-state index contributed by atoms with van der Waals surface area (Å²) in [5.74, 6) is -1.69. The topological polar surface area (TPSA) is 59.8 Å². The summed E-state index contributed by atoms with van der Waals surface area (Å²) in [7, 11) is 0. The van der Waals surface area contributed by atoms with Crippen LogP contribution in [0.15, 0.2) is 22.6 Å². The van der Waals surface area contributed by atoms with Gasteiger partial charge in [0.15, 0.2) is 17.5 Å². The average Bonchev–Trinajstić information content (AvgIpc) is 2.85. The van der Waals surface area contributed by atoms with Crippen molar-refractivity contribution in [1.29, 1.82) is 0 Å². The van der Waals surface area contributed by atoms with Crippen LogP contribution in [0.2, 0.25) is 0 Å². The van der Waals surface area contributed by atoms with Gasteiger partial charge >= 0.3 is 5.97 Å². The Morgan fingerprint density at radius 3 is 2.24 bits per heavy atom. The molecule has 1 aromatic heterocycles. The van der Waals surface area contributed by atoms with Crippen molar-refractivity contribution in [2.24, 2.45) is 0 Å². The van der Waals surface area contributed by atoms with Crippen molar-refractivity contribution >= 4 is 22.8 Å². The lowest BCUT2D eigenvalue weighted by Gasteiger charge is -2.32. The number of rotatable bonds is 5. The second kappa shape index (κ2) is 7.25. The third-order valence-corrected chi connectivity index (χ3v) is 4.10. The number of hydrogen-bond donors (Lipinski definition) is 0. The van der Waals surface area contributed by atoms with Crippen molar-refractivity contribution in [2.45, 2.75) is 59.7 Å². The Hall–Kier alpha value is -2.37. The molecule has 0 aliphatic heterocycles. The van der Waals surface area contributed by atoms with Gasteiger partial charge in [0, 0.05) is 23.0 Å². The Morgan fingerprint density at radius 1 is 1.12 bits per heavy atom. The number of esters is 1. The predicted octanol–water partition coefficient (Wildman–Crippen LogP) is 4.07. The molecule has 1 amide bonds. The molecule has 1 aromatic carbocycles. The van der Waals surface area contributed by atoms with Crippen LogP contribution in [0.4, 0.5) is 4.39 Å². The fraction of sp³-hybridized carbons (Fsp3) is 0.474. The third-order valence-electron chi connectivity index (χ3n) is 4.10. The van der Waals surface area contributed by atoms with Crippen LogP contribution in [-0.4, -0.2) is 35.0 Å². The number of ether oxygens (including phenoxy) is 1. The highest BCUT2D eigenvalue weighted by atomic mass is 19.1. The van der Waals surface area contributed by atoms with Gasteiger partial charge in [0.1, 0.15) is 0 Å². The highest BCUT2D eigenvalue weighted by Crippen LogP contribution is 2.28. The Balaban J connectivity index is 2.23. The molecule has 136 valence electrons. The molecule has 0 spiro atoms. The molecule has 0 aliphatic carbocycles. The molecule has 0 saturated carbocycles. The number of benzene rings is 1. The van der Waals surface area contributed by atoms with Crippen LogP contribution in [0, 0.1) is 12.7 Å². The molecule has 1 atom stereocenters. The smallest absolute Gasteiger partial charge is 0.375 e. The second-order valence-corrected chi connectivity index (χ2v) is 6.65. The van der Waals surface area contributed by atoms with Crippen LogP contribution in [0.3, 0.4) is 0 Å². The first-order chi connectivity index (χ1) is 11.6. The van der Waals surface area contributed by atoms with E-state index in [0.29, 0.717) is 10.9 Å². The van der Waals surface area contributed by atoms with E-state index in [0.717, 1.165) is 0 Å². The number of amides is 1. The maximum absolute atomic E-state index is 13.8. The molecule has 5 nitrogen and oxygen atoms in total. The van der Waals surface area contributed by atoms with Crippen molar-refractivity contribution in [1.82, 2.24) is 4.90 Å². The average molecular weight is 349 g/mol. The molecule has 0 fully saturated rings. The Bertz CT molecular complexity index is 786. The van der Waals surface area contributed by atoms with E-state index in [9.17, 15) is 14.0 Å². The first-order valence-electron chi connectivity index (χ1n) is 8.35. The number of hydrogen-bond acceptors (Lipinski definition) is 4. The SMILES string of the molecule is Cc1c(C(=O)O[C@@H](C)C(=O)N(C(C)C)C(C)C)oc2c(F)cccc12. The van der Waals surface area contributed by atoms with Crippen molar-refractivity contribution in [3.05, 3.63) is 35.3 Å². The van der Waals surface area contributed by atoms with Crippen LogP contribution in [0.1, 0.15) is 50.7 Å². The summed E-state index contributed by atoms with van der Waals surface area (Å²) in [6.07, 6.45) is -0.963. The molecule has 0 bridgehead atoms. The number of halogens is 1. The summed E-state index contributed by atoms with van der Waals surface area (Å²) in [5.41, 5.74) is 0.501. The highest BCUT2D eigenvalue weighted by Gasteiger charge is 2.30. The molecule has 0 aliphatic rings. The third kappa shape index (κ3) is 3.67. The van der Waals surface area contributed by atoms with Gasteiger partial charge in [-0.05, 0) is 47.6 Å². The van der Waals surface area contributed by atoms with E-state index < -0.39 is 17.9 Å². The molecule has 6 heteroatoms. The molecule has 0 unspecified atom stereocenters. The minimum atomic E-state index is -0.963. The summed E-state index contributed by atoms with van der Waals surface area (Å²) in [5, 5.41) is 0.511. The summed E-state index contributed by atoms with van der Waals surface area (Å²) in [4.78, 5) is 26.6. The van der Waals surface area contributed by atoms with Crippen molar-refractivity contribution in [3.63, 3.8) is 0 Å². The van der Waals surface area contributed by atoms with Crippen molar-refractivity contribution < 1.29 is 23.1 Å². The summed E-state index contributed by atoms with van der Waals surface area (Å²) in [6, 6.07) is 4.44. The standard InChI is InChI=1S/C19H24FNO4/c1-10(2)21(11(3)4)18(22)13(6)24-19(23)16-12(5)14-8-7-9-15(20)17(14)25-16/h7-11,13H,1-6H3/t13-/m0/s1. The van der Waals surface area contributed by atoms with E-state index in [1.165, 1.54) is 13.0 Å². The largest absolute Gasteiger partial charge is 0.447 e. The lowest BCUT2D eigenvalue weighted by atomic mass is 10.1. The van der Waals surface area contributed by atoms with Crippen LogP contribution < -0.4 is 0 Å². The van der Waals surface area contributed by atoms with Gasteiger partial charge in [0.25, 0.3) is 5.91 Å². The number of aryl methyl sites for hydroxylation is 1. The van der Waals surface area contributed by atoms with Gasteiger partial charge in [-0.3, -0.25) is 4.79 Å². The van der Waals surface area contributed by atoms with E-state index in [2.05, 4.69) is 0 Å². The van der Waals surface area contributed by atoms with Crippen molar-refractivity contribution in [2.75, 3.05) is 0 Å². The van der Waals surface area contributed by atoms with Crippen LogP contribution in [0.5, 0.6) is 0 Å². The van der Waals surface area contributed by atoms with E-state index >= 15 is 0 Å². The second-order valence-electron chi connectivity index (χ2n) is 6.65. The molecular formula is C19H24FNO4. The van der Waals surface area contributed by atoms with Gasteiger partial charge in [-0.2, -0.15) is 0 Å². The van der Waals surface area contributed by atoms with Gasteiger partial charge in [-0.25, -0.2) is 9.18 Å². The van der Waals surface area contributed by atoms with Crippen LogP contribution >= 0.6 is 0 Å². The zero-order valence-corrected chi connectivity index (χ0v) is 15.4. The lowest BCUT2D eigenvalue weighted by Crippen LogP contribution is -2.47. The quantitative estimate of drug-likeness (QED) is 0.764. The molecule has 0 saturated heterocycles. The molecule has 2 aromatic rings.